The lowest BCUT2D eigenvalue weighted by Gasteiger charge is -2.13. The van der Waals surface area contributed by atoms with Gasteiger partial charge < -0.3 is 4.74 Å². The van der Waals surface area contributed by atoms with Gasteiger partial charge >= 0.3 is 0 Å². The fourth-order valence-corrected chi connectivity index (χ4v) is 2.61. The van der Waals surface area contributed by atoms with Crippen LogP contribution in [0, 0.1) is 11.6 Å². The van der Waals surface area contributed by atoms with Gasteiger partial charge in [-0.1, -0.05) is 24.3 Å². The molecule has 0 bridgehead atoms. The first-order chi connectivity index (χ1) is 9.16. The number of benzene rings is 2. The minimum absolute atomic E-state index is 0.108. The molecular formula is C15H11ClF2O. The normalized spacial score (nSPS) is 15.3. The van der Waals surface area contributed by atoms with E-state index in [4.69, 9.17) is 16.3 Å². The molecule has 0 aromatic heterocycles. The third-order valence-electron chi connectivity index (χ3n) is 3.29. The molecule has 0 amide bonds. The van der Waals surface area contributed by atoms with E-state index in [0.717, 1.165) is 11.1 Å². The van der Waals surface area contributed by atoms with Crippen LogP contribution in [-0.4, -0.2) is 0 Å². The molecule has 0 saturated carbocycles. The highest BCUT2D eigenvalue weighted by Gasteiger charge is 2.21. The molecule has 19 heavy (non-hydrogen) atoms. The van der Waals surface area contributed by atoms with Crippen LogP contribution in [0.15, 0.2) is 36.4 Å². The predicted octanol–water partition coefficient (Wildman–Crippen LogP) is 4.32. The van der Waals surface area contributed by atoms with Crippen LogP contribution in [0.25, 0.3) is 0 Å². The SMILES string of the molecule is Fc1cccc(F)c1C(Cl)c1ccc2c(c1)COC2. The first kappa shape index (κ1) is 12.6. The summed E-state index contributed by atoms with van der Waals surface area (Å²) in [5, 5.41) is -0.841. The highest BCUT2D eigenvalue weighted by Crippen LogP contribution is 2.34. The maximum atomic E-state index is 13.7. The molecule has 1 aliphatic heterocycles. The summed E-state index contributed by atoms with van der Waals surface area (Å²) in [5.41, 5.74) is 2.69. The van der Waals surface area contributed by atoms with Crippen LogP contribution in [-0.2, 0) is 18.0 Å². The number of hydrogen-bond donors (Lipinski definition) is 0. The van der Waals surface area contributed by atoms with Crippen LogP contribution in [0.4, 0.5) is 8.78 Å². The topological polar surface area (TPSA) is 9.23 Å². The second kappa shape index (κ2) is 4.91. The van der Waals surface area contributed by atoms with Gasteiger partial charge in [-0.05, 0) is 28.8 Å². The van der Waals surface area contributed by atoms with Crippen molar-refractivity contribution in [2.75, 3.05) is 0 Å². The molecule has 0 aliphatic carbocycles. The summed E-state index contributed by atoms with van der Waals surface area (Å²) in [5.74, 6) is -1.26. The molecule has 1 nitrogen and oxygen atoms in total. The summed E-state index contributed by atoms with van der Waals surface area (Å²) in [7, 11) is 0. The Kier molecular flexibility index (Phi) is 3.25. The number of hydrogen-bond acceptors (Lipinski definition) is 1. The van der Waals surface area contributed by atoms with E-state index in [2.05, 4.69) is 0 Å². The lowest BCUT2D eigenvalue weighted by Crippen LogP contribution is -2.01. The first-order valence-corrected chi connectivity index (χ1v) is 6.38. The summed E-state index contributed by atoms with van der Waals surface area (Å²) in [6.07, 6.45) is 0. The monoisotopic (exact) mass is 280 g/mol. The zero-order chi connectivity index (χ0) is 13.4. The predicted molar refractivity (Wildman–Crippen MR) is 69.0 cm³/mol. The van der Waals surface area contributed by atoms with Gasteiger partial charge in [0, 0.05) is 5.56 Å². The third-order valence-corrected chi connectivity index (χ3v) is 3.76. The van der Waals surface area contributed by atoms with Crippen molar-refractivity contribution in [3.05, 3.63) is 70.3 Å². The van der Waals surface area contributed by atoms with Crippen molar-refractivity contribution in [1.82, 2.24) is 0 Å². The lowest BCUT2D eigenvalue weighted by molar-refractivity contribution is 0.134. The fraction of sp³-hybridized carbons (Fsp3) is 0.200. The standard InChI is InChI=1S/C15H11ClF2O/c16-15(14-12(17)2-1-3-13(14)18)9-4-5-10-7-19-8-11(10)6-9/h1-6,15H,7-8H2. The maximum Gasteiger partial charge on any atom is 0.131 e. The van der Waals surface area contributed by atoms with Crippen LogP contribution < -0.4 is 0 Å². The Labute approximate surface area is 114 Å². The Morgan fingerprint density at radius 1 is 1.00 bits per heavy atom. The number of rotatable bonds is 2. The Morgan fingerprint density at radius 2 is 1.68 bits per heavy atom. The number of ether oxygens (including phenoxy) is 1. The molecule has 2 aromatic rings. The van der Waals surface area contributed by atoms with Crippen LogP contribution in [0.1, 0.15) is 27.6 Å². The molecule has 98 valence electrons. The average Bonchev–Trinajstić information content (AvgIpc) is 2.85. The molecule has 0 N–H and O–H groups in total. The van der Waals surface area contributed by atoms with E-state index >= 15 is 0 Å². The molecule has 1 aliphatic rings. The van der Waals surface area contributed by atoms with Crippen LogP contribution in [0.3, 0.4) is 0 Å². The van der Waals surface area contributed by atoms with E-state index in [1.165, 1.54) is 18.2 Å². The van der Waals surface area contributed by atoms with E-state index in [1.807, 2.05) is 12.1 Å². The first-order valence-electron chi connectivity index (χ1n) is 5.94. The van der Waals surface area contributed by atoms with E-state index < -0.39 is 17.0 Å². The van der Waals surface area contributed by atoms with Crippen molar-refractivity contribution in [3.63, 3.8) is 0 Å². The average molecular weight is 281 g/mol. The number of alkyl halides is 1. The highest BCUT2D eigenvalue weighted by molar-refractivity contribution is 6.22. The van der Waals surface area contributed by atoms with Crippen LogP contribution in [0.5, 0.6) is 0 Å². The van der Waals surface area contributed by atoms with Gasteiger partial charge in [0.05, 0.1) is 18.6 Å². The van der Waals surface area contributed by atoms with Gasteiger partial charge in [0.25, 0.3) is 0 Å². The highest BCUT2D eigenvalue weighted by atomic mass is 35.5. The lowest BCUT2D eigenvalue weighted by atomic mass is 9.99. The zero-order valence-electron chi connectivity index (χ0n) is 10.00. The molecule has 0 radical (unpaired) electrons. The number of halogens is 3. The van der Waals surface area contributed by atoms with Crippen molar-refractivity contribution in [2.45, 2.75) is 18.6 Å². The summed E-state index contributed by atoms with van der Waals surface area (Å²) < 4.78 is 32.7. The molecule has 3 rings (SSSR count). The quantitative estimate of drug-likeness (QED) is 0.744. The minimum Gasteiger partial charge on any atom is -0.372 e. The van der Waals surface area contributed by atoms with Gasteiger partial charge in [-0.25, -0.2) is 8.78 Å². The Hall–Kier alpha value is -1.45. The number of fused-ring (bicyclic) bond motifs is 1. The molecule has 4 heteroatoms. The molecular weight excluding hydrogens is 270 g/mol. The summed E-state index contributed by atoms with van der Waals surface area (Å²) in [4.78, 5) is 0. The van der Waals surface area contributed by atoms with Crippen molar-refractivity contribution >= 4 is 11.6 Å². The van der Waals surface area contributed by atoms with E-state index in [0.29, 0.717) is 18.8 Å². The summed E-state index contributed by atoms with van der Waals surface area (Å²) >= 11 is 6.22. The van der Waals surface area contributed by atoms with Gasteiger partial charge in [0.1, 0.15) is 11.6 Å². The fourth-order valence-electron chi connectivity index (χ4n) is 2.27. The van der Waals surface area contributed by atoms with Crippen molar-refractivity contribution in [2.24, 2.45) is 0 Å². The molecule has 1 atom stereocenters. The Balaban J connectivity index is 2.02. The second-order valence-corrected chi connectivity index (χ2v) is 4.96. The smallest absolute Gasteiger partial charge is 0.131 e. The Morgan fingerprint density at radius 3 is 2.42 bits per heavy atom. The molecule has 1 heterocycles. The van der Waals surface area contributed by atoms with Gasteiger partial charge in [-0.15, -0.1) is 11.6 Å². The van der Waals surface area contributed by atoms with Gasteiger partial charge in [-0.2, -0.15) is 0 Å². The van der Waals surface area contributed by atoms with Crippen molar-refractivity contribution < 1.29 is 13.5 Å². The van der Waals surface area contributed by atoms with Crippen LogP contribution >= 0.6 is 11.6 Å². The molecule has 0 fully saturated rings. The van der Waals surface area contributed by atoms with Crippen molar-refractivity contribution in [3.8, 4) is 0 Å². The summed E-state index contributed by atoms with van der Waals surface area (Å²) in [6, 6.07) is 9.29. The maximum absolute atomic E-state index is 13.7. The molecule has 2 aromatic carbocycles. The zero-order valence-corrected chi connectivity index (χ0v) is 10.8. The van der Waals surface area contributed by atoms with E-state index in [9.17, 15) is 8.78 Å². The van der Waals surface area contributed by atoms with Gasteiger partial charge in [0.2, 0.25) is 0 Å². The summed E-state index contributed by atoms with van der Waals surface area (Å²) in [6.45, 7) is 1.10. The second-order valence-electron chi connectivity index (χ2n) is 4.52. The van der Waals surface area contributed by atoms with Gasteiger partial charge in [-0.3, -0.25) is 0 Å². The van der Waals surface area contributed by atoms with Gasteiger partial charge in [0.15, 0.2) is 0 Å². The largest absolute Gasteiger partial charge is 0.372 e. The Bertz CT molecular complexity index is 607. The molecule has 1 unspecified atom stereocenters. The minimum atomic E-state index is -0.841. The van der Waals surface area contributed by atoms with E-state index in [-0.39, 0.29) is 5.56 Å². The van der Waals surface area contributed by atoms with E-state index in [1.54, 1.807) is 6.07 Å². The third kappa shape index (κ3) is 2.24. The molecule has 0 saturated heterocycles. The molecule has 0 spiro atoms. The van der Waals surface area contributed by atoms with Crippen LogP contribution in [0.2, 0.25) is 0 Å². The van der Waals surface area contributed by atoms with Crippen molar-refractivity contribution in [1.29, 1.82) is 0 Å².